The molecule has 0 aliphatic heterocycles. The van der Waals surface area contributed by atoms with Gasteiger partial charge in [-0.3, -0.25) is 0 Å². The van der Waals surface area contributed by atoms with Gasteiger partial charge in [0.2, 0.25) is 0 Å². The summed E-state index contributed by atoms with van der Waals surface area (Å²) in [7, 11) is 1.39. The molecule has 3 nitrogen and oxygen atoms in total. The van der Waals surface area contributed by atoms with Crippen LogP contribution >= 0.6 is 0 Å². The number of esters is 1. The van der Waals surface area contributed by atoms with Gasteiger partial charge in [-0.25, -0.2) is 4.79 Å². The van der Waals surface area contributed by atoms with E-state index in [1.54, 1.807) is 0 Å². The predicted molar refractivity (Wildman–Crippen MR) is 85.5 cm³/mol. The molecule has 0 unspecified atom stereocenters. The Morgan fingerprint density at radius 1 is 1.15 bits per heavy atom. The molecule has 0 saturated heterocycles. The Morgan fingerprint density at radius 2 is 1.65 bits per heavy atom. The van der Waals surface area contributed by atoms with Crippen molar-refractivity contribution in [3.05, 3.63) is 23.4 Å². The lowest BCUT2D eigenvalue weighted by Gasteiger charge is -2.34. The van der Waals surface area contributed by atoms with E-state index in [9.17, 15) is 4.79 Å². The van der Waals surface area contributed by atoms with Crippen LogP contribution in [0, 0.1) is 0 Å². The maximum atomic E-state index is 11.6. The zero-order valence-corrected chi connectivity index (χ0v) is 14.1. The van der Waals surface area contributed by atoms with Crippen LogP contribution in [0.2, 0.25) is 0 Å². The molecule has 0 bridgehead atoms. The third-order valence-corrected chi connectivity index (χ3v) is 3.88. The number of nitrogens with zero attached hydrogens (tertiary/aromatic N) is 1. The maximum Gasteiger partial charge on any atom is 0.337 e. The molecule has 0 radical (unpaired) electrons. The van der Waals surface area contributed by atoms with E-state index >= 15 is 0 Å². The molecule has 0 spiro atoms. The van der Waals surface area contributed by atoms with Gasteiger partial charge in [0.15, 0.2) is 0 Å². The van der Waals surface area contributed by atoms with E-state index in [4.69, 9.17) is 4.74 Å². The molecule has 0 aromatic heterocycles. The number of carbonyl (C=O) groups is 1. The monoisotopic (exact) mass is 281 g/mol. The van der Waals surface area contributed by atoms with Crippen molar-refractivity contribution in [1.82, 2.24) is 4.90 Å². The Morgan fingerprint density at radius 3 is 2.00 bits per heavy atom. The quantitative estimate of drug-likeness (QED) is 0.358. The number of allylic oxidation sites excluding steroid dienone is 1. The van der Waals surface area contributed by atoms with Crippen LogP contribution in [0.3, 0.4) is 0 Å². The largest absolute Gasteiger partial charge is 0.465 e. The Balaban J connectivity index is 5.28. The van der Waals surface area contributed by atoms with Crippen molar-refractivity contribution in [1.29, 1.82) is 0 Å². The van der Waals surface area contributed by atoms with Gasteiger partial charge >= 0.3 is 5.97 Å². The van der Waals surface area contributed by atoms with Gasteiger partial charge in [0.1, 0.15) is 0 Å². The summed E-state index contributed by atoms with van der Waals surface area (Å²) in [6.07, 6.45) is 4.70. The summed E-state index contributed by atoms with van der Waals surface area (Å²) in [4.78, 5) is 14.0. The van der Waals surface area contributed by atoms with Gasteiger partial charge in [0.25, 0.3) is 0 Å². The highest BCUT2D eigenvalue weighted by atomic mass is 16.5. The number of ether oxygens (including phenoxy) is 1. The smallest absolute Gasteiger partial charge is 0.337 e. The lowest BCUT2D eigenvalue weighted by atomic mass is 10.0. The average Bonchev–Trinajstić information content (AvgIpc) is 2.45. The number of methoxy groups -OCH3 is 1. The minimum Gasteiger partial charge on any atom is -0.465 e. The van der Waals surface area contributed by atoms with E-state index < -0.39 is 0 Å². The Labute approximate surface area is 124 Å². The fraction of sp³-hybridized carbons (Fsp3) is 0.706. The van der Waals surface area contributed by atoms with Crippen molar-refractivity contribution in [2.75, 3.05) is 13.7 Å². The van der Waals surface area contributed by atoms with Crippen molar-refractivity contribution < 1.29 is 9.53 Å². The third kappa shape index (κ3) is 5.03. The second kappa shape index (κ2) is 9.62. The standard InChI is InChI=1S/C17H31NO2/c1-8-11-16(12-9-2)18(10-3)15(6)13(4)14(5)17(19)20-7/h16H,5,8-12H2,1-4,6-7H3. The first kappa shape index (κ1) is 18.8. The number of hydrogen-bond acceptors (Lipinski definition) is 3. The molecule has 0 aromatic carbocycles. The molecule has 0 saturated carbocycles. The maximum absolute atomic E-state index is 11.6. The molecular formula is C17H31NO2. The Hall–Kier alpha value is -1.25. The summed E-state index contributed by atoms with van der Waals surface area (Å²) in [5.74, 6) is -0.347. The SMILES string of the molecule is C=C(C(=O)OC)C(C)=C(C)N(CC)C(CCC)CCC. The molecule has 20 heavy (non-hydrogen) atoms. The third-order valence-electron chi connectivity index (χ3n) is 3.88. The number of hydrogen-bond donors (Lipinski definition) is 0. The van der Waals surface area contributed by atoms with E-state index in [0.29, 0.717) is 11.6 Å². The fourth-order valence-electron chi connectivity index (χ4n) is 2.60. The average molecular weight is 281 g/mol. The van der Waals surface area contributed by atoms with Crippen LogP contribution in [-0.2, 0) is 9.53 Å². The predicted octanol–water partition coefficient (Wildman–Crippen LogP) is 4.30. The van der Waals surface area contributed by atoms with Gasteiger partial charge in [0.05, 0.1) is 12.7 Å². The molecule has 0 aromatic rings. The molecule has 0 heterocycles. The summed E-state index contributed by atoms with van der Waals surface area (Å²) in [6.45, 7) is 15.4. The van der Waals surface area contributed by atoms with Crippen LogP contribution in [0.25, 0.3) is 0 Å². The van der Waals surface area contributed by atoms with E-state index in [2.05, 4.69) is 39.2 Å². The highest BCUT2D eigenvalue weighted by molar-refractivity contribution is 5.92. The highest BCUT2D eigenvalue weighted by Gasteiger charge is 2.19. The summed E-state index contributed by atoms with van der Waals surface area (Å²) in [5, 5.41) is 0. The normalized spacial score (nSPS) is 12.2. The van der Waals surface area contributed by atoms with Crippen molar-refractivity contribution in [2.24, 2.45) is 0 Å². The Kier molecular flexibility index (Phi) is 9.02. The molecular weight excluding hydrogens is 250 g/mol. The van der Waals surface area contributed by atoms with Crippen molar-refractivity contribution in [3.63, 3.8) is 0 Å². The lowest BCUT2D eigenvalue weighted by Crippen LogP contribution is -2.34. The van der Waals surface area contributed by atoms with Crippen molar-refractivity contribution >= 4 is 5.97 Å². The molecule has 116 valence electrons. The molecule has 0 aliphatic carbocycles. The molecule has 0 amide bonds. The van der Waals surface area contributed by atoms with Gasteiger partial charge in [-0.1, -0.05) is 33.3 Å². The zero-order valence-electron chi connectivity index (χ0n) is 14.1. The number of carbonyl (C=O) groups excluding carboxylic acids is 1. The van der Waals surface area contributed by atoms with Crippen LogP contribution < -0.4 is 0 Å². The first-order chi connectivity index (χ1) is 9.44. The summed E-state index contributed by atoms with van der Waals surface area (Å²) in [5.41, 5.74) is 2.51. The molecule has 0 fully saturated rings. The van der Waals surface area contributed by atoms with Crippen LogP contribution in [0.15, 0.2) is 23.4 Å². The molecule has 3 heteroatoms. The second-order valence-corrected chi connectivity index (χ2v) is 5.20. The van der Waals surface area contributed by atoms with E-state index in [1.165, 1.54) is 32.8 Å². The van der Waals surface area contributed by atoms with Crippen molar-refractivity contribution in [3.8, 4) is 0 Å². The van der Waals surface area contributed by atoms with Gasteiger partial charge in [-0.05, 0) is 39.2 Å². The fourth-order valence-corrected chi connectivity index (χ4v) is 2.60. The minimum atomic E-state index is -0.347. The zero-order chi connectivity index (χ0) is 15.7. The van der Waals surface area contributed by atoms with E-state index in [0.717, 1.165) is 17.8 Å². The van der Waals surface area contributed by atoms with Crippen LogP contribution in [0.1, 0.15) is 60.3 Å². The first-order valence-corrected chi connectivity index (χ1v) is 7.66. The summed E-state index contributed by atoms with van der Waals surface area (Å²) < 4.78 is 4.76. The second-order valence-electron chi connectivity index (χ2n) is 5.20. The van der Waals surface area contributed by atoms with Crippen LogP contribution in [-0.4, -0.2) is 30.6 Å². The van der Waals surface area contributed by atoms with E-state index in [1.807, 2.05) is 6.92 Å². The van der Waals surface area contributed by atoms with Crippen LogP contribution in [0.4, 0.5) is 0 Å². The van der Waals surface area contributed by atoms with Gasteiger partial charge in [-0.2, -0.15) is 0 Å². The summed E-state index contributed by atoms with van der Waals surface area (Å²) in [6, 6.07) is 0.537. The first-order valence-electron chi connectivity index (χ1n) is 7.66. The molecule has 0 aliphatic rings. The van der Waals surface area contributed by atoms with Gasteiger partial charge < -0.3 is 9.64 Å². The number of rotatable bonds is 9. The summed E-state index contributed by atoms with van der Waals surface area (Å²) >= 11 is 0. The van der Waals surface area contributed by atoms with Crippen LogP contribution in [0.5, 0.6) is 0 Å². The van der Waals surface area contributed by atoms with E-state index in [-0.39, 0.29) is 5.97 Å². The van der Waals surface area contributed by atoms with Gasteiger partial charge in [0, 0.05) is 18.3 Å². The molecule has 0 rings (SSSR count). The Bertz CT molecular complexity index is 352. The highest BCUT2D eigenvalue weighted by Crippen LogP contribution is 2.23. The minimum absolute atomic E-state index is 0.347. The van der Waals surface area contributed by atoms with Gasteiger partial charge in [-0.15, -0.1) is 0 Å². The van der Waals surface area contributed by atoms with Crippen molar-refractivity contribution in [2.45, 2.75) is 66.3 Å². The molecule has 0 atom stereocenters. The molecule has 0 N–H and O–H groups in total. The lowest BCUT2D eigenvalue weighted by molar-refractivity contribution is -0.135. The topological polar surface area (TPSA) is 29.5 Å².